The monoisotopic (exact) mass is 669 g/mol. The van der Waals surface area contributed by atoms with E-state index >= 15 is 0 Å². The molecule has 1 saturated heterocycles. The number of Topliss-reactive ketones (excluding diaryl/α,β-unsaturated/α-hetero) is 1. The molecular weight excluding hydrogens is 642 g/mol. The van der Waals surface area contributed by atoms with E-state index in [9.17, 15) is 117 Å². The van der Waals surface area contributed by atoms with Crippen molar-refractivity contribution in [1.82, 2.24) is 4.90 Å². The van der Waals surface area contributed by atoms with Gasteiger partial charge in [0.25, 0.3) is 40.4 Å². The summed E-state index contributed by atoms with van der Waals surface area (Å²) in [5, 5.41) is 224. The molecule has 2 heterocycles. The van der Waals surface area contributed by atoms with Crippen LogP contribution in [0.25, 0.3) is 0 Å². The van der Waals surface area contributed by atoms with Gasteiger partial charge in [0.05, 0.1) is 7.11 Å². The van der Waals surface area contributed by atoms with E-state index in [0.717, 1.165) is 0 Å². The number of benzene rings is 1. The van der Waals surface area contributed by atoms with Crippen LogP contribution in [0.4, 0.5) is 0 Å². The predicted octanol–water partition coefficient (Wildman–Crippen LogP) is -13.8. The number of carbonyl (C=O) groups is 1. The maximum Gasteiger partial charge on any atom is 0.453 e. The molecule has 3 rings (SSSR count). The summed E-state index contributed by atoms with van der Waals surface area (Å²) in [5.74, 6) is -44.8. The zero-order chi connectivity index (χ0) is 35.8. The Bertz CT molecular complexity index is 1370. The molecule has 0 spiro atoms. The molecule has 0 radical (unpaired) electrons. The summed E-state index contributed by atoms with van der Waals surface area (Å²) in [6, 6.07) is -0.00705. The molecule has 2 atom stereocenters. The van der Waals surface area contributed by atoms with Crippen LogP contribution in [0, 0.1) is 0 Å². The minimum atomic E-state index is -6.21. The molecular formula is C19H27NO25. The van der Waals surface area contributed by atoms with Crippen molar-refractivity contribution in [3.05, 3.63) is 23.3 Å². The van der Waals surface area contributed by atoms with E-state index in [2.05, 4.69) is 9.47 Å². The minimum absolute atomic E-state index is 0.0983. The lowest BCUT2D eigenvalue weighted by molar-refractivity contribution is -0.596. The summed E-state index contributed by atoms with van der Waals surface area (Å²) in [6.45, 7) is 0. The molecule has 0 saturated carbocycles. The Kier molecular flexibility index (Phi) is 7.69. The Morgan fingerprint density at radius 3 is 1.42 bits per heavy atom. The smallest absolute Gasteiger partial charge is 0.453 e. The summed E-state index contributed by atoms with van der Waals surface area (Å²) < 4.78 is 8.89. The van der Waals surface area contributed by atoms with Crippen molar-refractivity contribution in [2.75, 3.05) is 7.11 Å². The van der Waals surface area contributed by atoms with Gasteiger partial charge in [-0.25, -0.2) is 0 Å². The maximum atomic E-state index is 13.4. The van der Waals surface area contributed by atoms with Crippen molar-refractivity contribution in [3.63, 3.8) is 0 Å². The van der Waals surface area contributed by atoms with E-state index in [4.69, 9.17) is 0 Å². The van der Waals surface area contributed by atoms with Crippen molar-refractivity contribution in [2.24, 2.45) is 0 Å². The zero-order valence-corrected chi connectivity index (χ0v) is 21.7. The minimum Gasteiger partial charge on any atom is -0.493 e. The third-order valence-electron chi connectivity index (χ3n) is 7.31. The molecule has 1 fully saturated rings. The Labute approximate surface area is 244 Å². The largest absolute Gasteiger partial charge is 0.493 e. The van der Waals surface area contributed by atoms with E-state index in [1.807, 2.05) is 0 Å². The molecule has 0 aliphatic carbocycles. The number of rotatable bonds is 7. The van der Waals surface area contributed by atoms with Gasteiger partial charge in [0.15, 0.2) is 11.5 Å². The van der Waals surface area contributed by atoms with Gasteiger partial charge in [-0.2, -0.15) is 4.90 Å². The predicted molar refractivity (Wildman–Crippen MR) is 117 cm³/mol. The van der Waals surface area contributed by atoms with Crippen LogP contribution in [0.1, 0.15) is 11.1 Å². The summed E-state index contributed by atoms with van der Waals surface area (Å²) in [4.78, 5) is 11.6. The second-order valence-electron chi connectivity index (χ2n) is 10.0. The first-order chi connectivity index (χ1) is 19.5. The summed E-state index contributed by atoms with van der Waals surface area (Å²) in [6.07, 6.45) is -4.21. The number of carbonyl (C=O) groups excluding carboxylic acids is 1. The van der Waals surface area contributed by atoms with Gasteiger partial charge in [0.2, 0.25) is 11.5 Å². The molecule has 258 valence electrons. The van der Waals surface area contributed by atoms with E-state index in [1.54, 1.807) is 0 Å². The Morgan fingerprint density at radius 2 is 1.04 bits per heavy atom. The Morgan fingerprint density at radius 1 is 0.622 bits per heavy atom. The number of hydrogen-bond donors (Lipinski definition) is 22. The van der Waals surface area contributed by atoms with Gasteiger partial charge in [0.1, 0.15) is 0 Å². The summed E-state index contributed by atoms with van der Waals surface area (Å²) in [7, 11) is 0.711. The second kappa shape index (κ2) is 9.34. The Hall–Kier alpha value is -2.43. The van der Waals surface area contributed by atoms with Gasteiger partial charge in [0, 0.05) is 11.1 Å². The first-order valence-electron chi connectivity index (χ1n) is 11.2. The average Bonchev–Trinajstić information content (AvgIpc) is 2.82. The van der Waals surface area contributed by atoms with E-state index < -0.39 is 97.5 Å². The van der Waals surface area contributed by atoms with Gasteiger partial charge >= 0.3 is 18.1 Å². The highest BCUT2D eigenvalue weighted by atomic mass is 16.9. The fraction of sp³-hybridized carbons (Fsp3) is 0.632. The highest BCUT2D eigenvalue weighted by Crippen LogP contribution is 2.62. The number of methoxy groups -OCH3 is 1. The maximum absolute atomic E-state index is 13.4. The van der Waals surface area contributed by atoms with Crippen LogP contribution < -0.4 is 9.47 Å². The zero-order valence-electron chi connectivity index (χ0n) is 21.7. The van der Waals surface area contributed by atoms with Crippen LogP contribution in [0.5, 0.6) is 11.5 Å². The number of ketones is 1. The molecule has 26 heteroatoms. The van der Waals surface area contributed by atoms with Gasteiger partial charge in [-0.15, -0.1) is 0 Å². The number of piperidine rings is 1. The molecule has 0 bridgehead atoms. The second-order valence-corrected chi connectivity index (χ2v) is 10.0. The van der Waals surface area contributed by atoms with Crippen molar-refractivity contribution in [2.45, 2.75) is 64.2 Å². The van der Waals surface area contributed by atoms with Crippen molar-refractivity contribution in [1.29, 1.82) is 0 Å². The van der Waals surface area contributed by atoms with Crippen molar-refractivity contribution in [3.8, 4) is 11.5 Å². The van der Waals surface area contributed by atoms with Gasteiger partial charge in [-0.3, -0.25) is 4.79 Å². The lowest BCUT2D eigenvalue weighted by Crippen LogP contribution is -2.98. The van der Waals surface area contributed by atoms with Crippen molar-refractivity contribution < 1.29 is 127 Å². The van der Waals surface area contributed by atoms with E-state index in [-0.39, 0.29) is 12.1 Å². The number of fused-ring (bicyclic) bond motifs is 3. The highest BCUT2D eigenvalue weighted by molar-refractivity contribution is 5.98. The average molecular weight is 669 g/mol. The number of hydrogen-bond acceptors (Lipinski definition) is 26. The number of nitrogens with zero attached hydrogens (tertiary/aromatic N) is 1. The molecule has 2 aliphatic rings. The molecule has 0 aromatic heterocycles. The molecule has 2 aliphatic heterocycles. The van der Waals surface area contributed by atoms with E-state index in [0.29, 0.717) is 7.11 Å². The summed E-state index contributed by atoms with van der Waals surface area (Å²) >= 11 is 0. The fourth-order valence-electron chi connectivity index (χ4n) is 5.06. The molecule has 26 nitrogen and oxygen atoms in total. The lowest BCUT2D eigenvalue weighted by Gasteiger charge is -2.67. The van der Waals surface area contributed by atoms with Crippen LogP contribution in [-0.2, 0) is 16.3 Å². The standard InChI is InChI=1S/C19H27NO25/c1-44-6-3-5-4(2-7(6)45-19(41,42)43)10(23)12(26,27)8(21)9(22,15(31,32)20(10)16(33,34)11(5,24)25)14(29,30)13(28,17(35,36)37)18(38,39)40/h2-3,22-43H,1H3. The van der Waals surface area contributed by atoms with Crippen LogP contribution in [-0.4, -0.2) is 183 Å². The molecule has 1 aromatic carbocycles. The van der Waals surface area contributed by atoms with Crippen LogP contribution in [0.2, 0.25) is 0 Å². The van der Waals surface area contributed by atoms with Crippen LogP contribution in [0.3, 0.4) is 0 Å². The normalized spacial score (nSPS) is 28.3. The molecule has 45 heavy (non-hydrogen) atoms. The fourth-order valence-corrected chi connectivity index (χ4v) is 5.06. The van der Waals surface area contributed by atoms with Crippen LogP contribution in [0.15, 0.2) is 12.1 Å². The molecule has 0 amide bonds. The lowest BCUT2D eigenvalue weighted by atomic mass is 9.63. The van der Waals surface area contributed by atoms with Gasteiger partial charge < -0.3 is 122 Å². The molecule has 22 N–H and O–H groups in total. The van der Waals surface area contributed by atoms with E-state index in [1.165, 1.54) is 0 Å². The Balaban J connectivity index is 2.60. The highest BCUT2D eigenvalue weighted by Gasteiger charge is 2.93. The van der Waals surface area contributed by atoms with Gasteiger partial charge in [-0.05, 0) is 12.1 Å². The number of ether oxygens (including phenoxy) is 2. The van der Waals surface area contributed by atoms with Crippen molar-refractivity contribution >= 4 is 5.78 Å². The van der Waals surface area contributed by atoms with Crippen LogP contribution >= 0.6 is 0 Å². The van der Waals surface area contributed by atoms with Gasteiger partial charge in [-0.1, -0.05) is 0 Å². The quantitative estimate of drug-likeness (QED) is 0.120. The molecule has 1 aromatic rings. The SMILES string of the molecule is COc1cc2c(cc1OC(O)(O)O)C1(O)N(C(O)(O)C2(O)O)C(O)(O)C(O)(C(O)(O)C(O)(C(O)(O)O)C(O)(O)O)C(=O)C1(O)O. The summed E-state index contributed by atoms with van der Waals surface area (Å²) in [5.41, 5.74) is -20.6. The first kappa shape index (κ1) is 37.0. The number of aliphatic hydroxyl groups is 22. The third-order valence-corrected chi connectivity index (χ3v) is 7.31. The first-order valence-corrected chi connectivity index (χ1v) is 11.2. The molecule has 2 unspecified atom stereocenters. The topological polar surface area (TPSA) is 484 Å². The third kappa shape index (κ3) is 4.13.